The molecule has 1 aromatic heterocycles. The van der Waals surface area contributed by atoms with Crippen LogP contribution in [0.4, 0.5) is 0 Å². The maximum absolute atomic E-state index is 4.42. The van der Waals surface area contributed by atoms with E-state index in [2.05, 4.69) is 47.8 Å². The normalized spacial score (nSPS) is 19.0. The van der Waals surface area contributed by atoms with Gasteiger partial charge in [0.2, 0.25) is 0 Å². The molecule has 2 heterocycles. The van der Waals surface area contributed by atoms with E-state index in [0.29, 0.717) is 6.04 Å². The first kappa shape index (κ1) is 14.5. The molecule has 1 aromatic rings. The molecule has 0 radical (unpaired) electrons. The Morgan fingerprint density at radius 3 is 2.63 bits per heavy atom. The Labute approximate surface area is 117 Å². The van der Waals surface area contributed by atoms with Crippen LogP contribution in [0.5, 0.6) is 0 Å². The van der Waals surface area contributed by atoms with Gasteiger partial charge in [-0.2, -0.15) is 0 Å². The number of fused-ring (bicyclic) bond motifs is 1. The van der Waals surface area contributed by atoms with Crippen molar-refractivity contribution in [1.82, 2.24) is 20.1 Å². The monoisotopic (exact) mass is 264 g/mol. The van der Waals surface area contributed by atoms with E-state index < -0.39 is 0 Å². The highest BCUT2D eigenvalue weighted by atomic mass is 15.3. The van der Waals surface area contributed by atoms with Gasteiger partial charge in [0.1, 0.15) is 11.6 Å². The average Bonchev–Trinajstić information content (AvgIpc) is 2.57. The van der Waals surface area contributed by atoms with Gasteiger partial charge in [0.25, 0.3) is 0 Å². The number of aromatic nitrogens is 3. The van der Waals surface area contributed by atoms with Gasteiger partial charge in [-0.25, -0.2) is 0 Å². The van der Waals surface area contributed by atoms with Gasteiger partial charge in [0, 0.05) is 19.0 Å². The van der Waals surface area contributed by atoms with Crippen molar-refractivity contribution in [2.75, 3.05) is 0 Å². The highest BCUT2D eigenvalue weighted by Crippen LogP contribution is 2.19. The molecular formula is C15H28N4. The minimum Gasteiger partial charge on any atom is -0.314 e. The molecule has 0 amide bonds. The molecule has 19 heavy (non-hydrogen) atoms. The van der Waals surface area contributed by atoms with E-state index in [1.54, 1.807) is 0 Å². The molecule has 1 aliphatic heterocycles. The second kappa shape index (κ2) is 6.51. The number of aryl methyl sites for hydroxylation is 1. The lowest BCUT2D eigenvalue weighted by molar-refractivity contribution is 0.390. The first-order valence-corrected chi connectivity index (χ1v) is 7.76. The molecule has 4 heteroatoms. The van der Waals surface area contributed by atoms with Crippen molar-refractivity contribution >= 4 is 0 Å². The van der Waals surface area contributed by atoms with Crippen LogP contribution in [0.3, 0.4) is 0 Å². The molecule has 4 nitrogen and oxygen atoms in total. The third kappa shape index (κ3) is 3.78. The minimum absolute atomic E-state index is 0.285. The quantitative estimate of drug-likeness (QED) is 0.888. The van der Waals surface area contributed by atoms with E-state index in [1.165, 1.54) is 31.5 Å². The summed E-state index contributed by atoms with van der Waals surface area (Å²) in [5.74, 6) is 3.02. The van der Waals surface area contributed by atoms with Gasteiger partial charge in [0.15, 0.2) is 0 Å². The standard InChI is InChI=1S/C15H28N4/c1-11(2)10-12(3)16-13(4)15-18-17-14-8-6-5-7-9-19(14)15/h11-13,16H,5-10H2,1-4H3. The van der Waals surface area contributed by atoms with Crippen LogP contribution in [-0.2, 0) is 13.0 Å². The highest BCUT2D eigenvalue weighted by Gasteiger charge is 2.20. The third-order valence-corrected chi connectivity index (χ3v) is 3.88. The first-order valence-electron chi connectivity index (χ1n) is 7.76. The van der Waals surface area contributed by atoms with Gasteiger partial charge in [-0.3, -0.25) is 0 Å². The van der Waals surface area contributed by atoms with Crippen molar-refractivity contribution < 1.29 is 0 Å². The van der Waals surface area contributed by atoms with Crippen LogP contribution in [0, 0.1) is 5.92 Å². The molecule has 0 aliphatic carbocycles. The lowest BCUT2D eigenvalue weighted by Gasteiger charge is -2.21. The lowest BCUT2D eigenvalue weighted by atomic mass is 10.0. The summed E-state index contributed by atoms with van der Waals surface area (Å²) in [6, 6.07) is 0.807. The Hall–Kier alpha value is -0.900. The summed E-state index contributed by atoms with van der Waals surface area (Å²) < 4.78 is 2.34. The van der Waals surface area contributed by atoms with Crippen LogP contribution in [0.15, 0.2) is 0 Å². The number of rotatable bonds is 5. The molecular weight excluding hydrogens is 236 g/mol. The molecule has 2 rings (SSSR count). The van der Waals surface area contributed by atoms with E-state index in [0.717, 1.165) is 24.7 Å². The van der Waals surface area contributed by atoms with Gasteiger partial charge in [-0.05, 0) is 39.0 Å². The summed E-state index contributed by atoms with van der Waals surface area (Å²) in [5.41, 5.74) is 0. The molecule has 108 valence electrons. The maximum atomic E-state index is 4.42. The topological polar surface area (TPSA) is 42.7 Å². The second-order valence-electron chi connectivity index (χ2n) is 6.36. The molecule has 0 saturated carbocycles. The first-order chi connectivity index (χ1) is 9.08. The molecule has 2 atom stereocenters. The van der Waals surface area contributed by atoms with E-state index >= 15 is 0 Å². The number of hydrogen-bond acceptors (Lipinski definition) is 3. The molecule has 2 unspecified atom stereocenters. The van der Waals surface area contributed by atoms with E-state index in [4.69, 9.17) is 0 Å². The Morgan fingerprint density at radius 1 is 1.11 bits per heavy atom. The zero-order chi connectivity index (χ0) is 13.8. The predicted octanol–water partition coefficient (Wildman–Crippen LogP) is 3.09. The summed E-state index contributed by atoms with van der Waals surface area (Å²) in [5, 5.41) is 12.5. The zero-order valence-electron chi connectivity index (χ0n) is 12.8. The van der Waals surface area contributed by atoms with Gasteiger partial charge in [-0.1, -0.05) is 20.3 Å². The fraction of sp³-hybridized carbons (Fsp3) is 0.867. The van der Waals surface area contributed by atoms with E-state index in [1.807, 2.05) is 0 Å². The number of hydrogen-bond donors (Lipinski definition) is 1. The van der Waals surface area contributed by atoms with E-state index in [9.17, 15) is 0 Å². The van der Waals surface area contributed by atoms with Crippen molar-refractivity contribution in [2.24, 2.45) is 5.92 Å². The summed E-state index contributed by atoms with van der Waals surface area (Å²) >= 11 is 0. The number of nitrogens with zero attached hydrogens (tertiary/aromatic N) is 3. The smallest absolute Gasteiger partial charge is 0.149 e. The molecule has 0 bridgehead atoms. The Morgan fingerprint density at radius 2 is 1.89 bits per heavy atom. The highest BCUT2D eigenvalue weighted by molar-refractivity contribution is 5.02. The van der Waals surface area contributed by atoms with Crippen LogP contribution >= 0.6 is 0 Å². The molecule has 0 aromatic carbocycles. The van der Waals surface area contributed by atoms with Crippen molar-refractivity contribution in [2.45, 2.75) is 78.4 Å². The summed E-state index contributed by atoms with van der Waals surface area (Å²) in [4.78, 5) is 0. The SMILES string of the molecule is CC(C)CC(C)NC(C)c1nnc2n1CCCCC2. The van der Waals surface area contributed by atoms with Gasteiger partial charge >= 0.3 is 0 Å². The summed E-state index contributed by atoms with van der Waals surface area (Å²) in [6.45, 7) is 10.1. The molecule has 0 saturated heterocycles. The average molecular weight is 264 g/mol. The third-order valence-electron chi connectivity index (χ3n) is 3.88. The van der Waals surface area contributed by atoms with Gasteiger partial charge in [-0.15, -0.1) is 10.2 Å². The van der Waals surface area contributed by atoms with Crippen LogP contribution in [0.2, 0.25) is 0 Å². The van der Waals surface area contributed by atoms with Crippen molar-refractivity contribution in [1.29, 1.82) is 0 Å². The van der Waals surface area contributed by atoms with Gasteiger partial charge < -0.3 is 9.88 Å². The largest absolute Gasteiger partial charge is 0.314 e. The van der Waals surface area contributed by atoms with Crippen LogP contribution < -0.4 is 5.32 Å². The molecule has 1 N–H and O–H groups in total. The maximum Gasteiger partial charge on any atom is 0.149 e. The fourth-order valence-corrected chi connectivity index (χ4v) is 3.10. The summed E-state index contributed by atoms with van der Waals surface area (Å²) in [7, 11) is 0. The van der Waals surface area contributed by atoms with Crippen LogP contribution in [-0.4, -0.2) is 20.8 Å². The molecule has 0 fully saturated rings. The Bertz CT molecular complexity index is 397. The Kier molecular flexibility index (Phi) is 4.97. The molecule has 1 aliphatic rings. The zero-order valence-corrected chi connectivity index (χ0v) is 12.8. The predicted molar refractivity (Wildman–Crippen MR) is 78.0 cm³/mol. The molecule has 0 spiro atoms. The lowest BCUT2D eigenvalue weighted by Crippen LogP contribution is -2.31. The fourth-order valence-electron chi connectivity index (χ4n) is 3.10. The van der Waals surface area contributed by atoms with Crippen LogP contribution in [0.25, 0.3) is 0 Å². The van der Waals surface area contributed by atoms with Crippen molar-refractivity contribution in [3.63, 3.8) is 0 Å². The van der Waals surface area contributed by atoms with Gasteiger partial charge in [0.05, 0.1) is 6.04 Å². The van der Waals surface area contributed by atoms with Crippen molar-refractivity contribution in [3.8, 4) is 0 Å². The second-order valence-corrected chi connectivity index (χ2v) is 6.36. The number of nitrogens with one attached hydrogen (secondary N) is 1. The van der Waals surface area contributed by atoms with Crippen molar-refractivity contribution in [3.05, 3.63) is 11.6 Å². The van der Waals surface area contributed by atoms with Crippen LogP contribution in [0.1, 0.15) is 71.1 Å². The summed E-state index contributed by atoms with van der Waals surface area (Å²) in [6.07, 6.45) is 6.11. The minimum atomic E-state index is 0.285. The van der Waals surface area contributed by atoms with E-state index in [-0.39, 0.29) is 6.04 Å². The Balaban J connectivity index is 2.03.